The van der Waals surface area contributed by atoms with E-state index in [4.69, 9.17) is 11.6 Å². The monoisotopic (exact) mass is 262 g/mol. The van der Waals surface area contributed by atoms with Gasteiger partial charge in [0, 0.05) is 13.0 Å². The molecule has 0 saturated carbocycles. The first-order valence-electron chi connectivity index (χ1n) is 5.15. The van der Waals surface area contributed by atoms with Gasteiger partial charge in [-0.1, -0.05) is 12.1 Å². The van der Waals surface area contributed by atoms with E-state index in [1.165, 1.54) is 0 Å². The number of hydrogen-bond donors (Lipinski definition) is 0. The Bertz CT molecular complexity index is 519. The highest BCUT2D eigenvalue weighted by atomic mass is 35.5. The van der Waals surface area contributed by atoms with Crippen molar-refractivity contribution < 1.29 is 13.2 Å². The van der Waals surface area contributed by atoms with Gasteiger partial charge < -0.3 is 4.57 Å². The molecular weight excluding hydrogens is 253 g/mol. The van der Waals surface area contributed by atoms with Crippen LogP contribution in [0.5, 0.6) is 0 Å². The molecule has 0 spiro atoms. The van der Waals surface area contributed by atoms with Gasteiger partial charge in [-0.3, -0.25) is 0 Å². The maximum absolute atomic E-state index is 12.0. The molecule has 2 nitrogen and oxygen atoms in total. The van der Waals surface area contributed by atoms with Crippen molar-refractivity contribution in [2.24, 2.45) is 0 Å². The van der Waals surface area contributed by atoms with Gasteiger partial charge in [0.15, 0.2) is 0 Å². The summed E-state index contributed by atoms with van der Waals surface area (Å²) in [7, 11) is 0. The third-order valence-corrected chi connectivity index (χ3v) is 2.74. The summed E-state index contributed by atoms with van der Waals surface area (Å²) in [6, 6.07) is 7.19. The molecule has 0 N–H and O–H groups in total. The zero-order valence-corrected chi connectivity index (χ0v) is 9.59. The summed E-state index contributed by atoms with van der Waals surface area (Å²) in [5.74, 6) is 0. The van der Waals surface area contributed by atoms with E-state index in [1.54, 1.807) is 22.8 Å². The lowest BCUT2D eigenvalue weighted by molar-refractivity contribution is -0.135. The first kappa shape index (κ1) is 12.2. The van der Waals surface area contributed by atoms with E-state index >= 15 is 0 Å². The van der Waals surface area contributed by atoms with Crippen LogP contribution >= 0.6 is 11.6 Å². The fourth-order valence-electron chi connectivity index (χ4n) is 1.70. The van der Waals surface area contributed by atoms with Gasteiger partial charge in [0.05, 0.1) is 11.0 Å². The normalized spacial score (nSPS) is 12.2. The second kappa shape index (κ2) is 4.56. The molecule has 0 unspecified atom stereocenters. The SMILES string of the molecule is FC(F)(F)CCCn1c(Cl)nc2ccccc21. The molecule has 1 aromatic carbocycles. The molecule has 1 heterocycles. The van der Waals surface area contributed by atoms with Gasteiger partial charge in [0.25, 0.3) is 0 Å². The summed E-state index contributed by atoms with van der Waals surface area (Å²) in [4.78, 5) is 4.08. The van der Waals surface area contributed by atoms with Crippen molar-refractivity contribution in [3.05, 3.63) is 29.5 Å². The van der Waals surface area contributed by atoms with E-state index in [-0.39, 0.29) is 18.2 Å². The average molecular weight is 263 g/mol. The second-order valence-corrected chi connectivity index (χ2v) is 4.08. The molecule has 0 aliphatic rings. The van der Waals surface area contributed by atoms with Crippen LogP contribution in [0.3, 0.4) is 0 Å². The highest BCUT2D eigenvalue weighted by Crippen LogP contribution is 2.24. The Morgan fingerprint density at radius 2 is 1.94 bits per heavy atom. The first-order valence-corrected chi connectivity index (χ1v) is 5.53. The van der Waals surface area contributed by atoms with Gasteiger partial charge in [-0.05, 0) is 30.2 Å². The Balaban J connectivity index is 2.15. The van der Waals surface area contributed by atoms with E-state index in [1.807, 2.05) is 6.07 Å². The average Bonchev–Trinajstić information content (AvgIpc) is 2.54. The lowest BCUT2D eigenvalue weighted by atomic mass is 10.3. The molecule has 17 heavy (non-hydrogen) atoms. The summed E-state index contributed by atoms with van der Waals surface area (Å²) >= 11 is 5.89. The molecular formula is C11H10ClF3N2. The maximum atomic E-state index is 12.0. The van der Waals surface area contributed by atoms with E-state index in [9.17, 15) is 13.2 Å². The van der Waals surface area contributed by atoms with E-state index in [0.29, 0.717) is 5.52 Å². The van der Waals surface area contributed by atoms with Crippen LogP contribution in [-0.2, 0) is 6.54 Å². The van der Waals surface area contributed by atoms with Gasteiger partial charge in [-0.15, -0.1) is 0 Å². The molecule has 0 radical (unpaired) electrons. The Hall–Kier alpha value is -1.23. The van der Waals surface area contributed by atoms with Gasteiger partial charge in [0.2, 0.25) is 5.28 Å². The largest absolute Gasteiger partial charge is 0.389 e. The van der Waals surface area contributed by atoms with Crippen LogP contribution < -0.4 is 0 Å². The number of alkyl halides is 3. The van der Waals surface area contributed by atoms with Crippen molar-refractivity contribution in [3.8, 4) is 0 Å². The Morgan fingerprint density at radius 1 is 1.24 bits per heavy atom. The minimum absolute atomic E-state index is 0.00355. The minimum atomic E-state index is -4.12. The van der Waals surface area contributed by atoms with E-state index in [0.717, 1.165) is 5.52 Å². The van der Waals surface area contributed by atoms with Gasteiger partial charge in [-0.25, -0.2) is 4.98 Å². The quantitative estimate of drug-likeness (QED) is 0.816. The molecule has 1 aromatic heterocycles. The highest BCUT2D eigenvalue weighted by molar-refractivity contribution is 6.29. The predicted molar refractivity (Wildman–Crippen MR) is 60.0 cm³/mol. The van der Waals surface area contributed by atoms with Crippen molar-refractivity contribution in [1.29, 1.82) is 0 Å². The van der Waals surface area contributed by atoms with Crippen LogP contribution in [0, 0.1) is 0 Å². The number of aromatic nitrogens is 2. The third kappa shape index (κ3) is 2.91. The van der Waals surface area contributed by atoms with E-state index in [2.05, 4.69) is 4.98 Å². The summed E-state index contributed by atoms with van der Waals surface area (Å²) < 4.78 is 37.7. The lowest BCUT2D eigenvalue weighted by Gasteiger charge is -2.08. The maximum Gasteiger partial charge on any atom is 0.389 e. The standard InChI is InChI=1S/C11H10ClF3N2/c12-10-16-8-4-1-2-5-9(8)17(10)7-3-6-11(13,14)15/h1-2,4-5H,3,6-7H2. The number of rotatable bonds is 3. The zero-order chi connectivity index (χ0) is 12.5. The molecule has 0 saturated heterocycles. The zero-order valence-electron chi connectivity index (χ0n) is 8.84. The molecule has 0 fully saturated rings. The number of benzene rings is 1. The van der Waals surface area contributed by atoms with Crippen LogP contribution in [0.25, 0.3) is 11.0 Å². The highest BCUT2D eigenvalue weighted by Gasteiger charge is 2.26. The van der Waals surface area contributed by atoms with Crippen LogP contribution in [0.4, 0.5) is 13.2 Å². The fourth-order valence-corrected chi connectivity index (χ4v) is 1.96. The van der Waals surface area contributed by atoms with Gasteiger partial charge in [-0.2, -0.15) is 13.2 Å². The molecule has 6 heteroatoms. The molecule has 0 amide bonds. The second-order valence-electron chi connectivity index (χ2n) is 3.74. The van der Waals surface area contributed by atoms with Crippen molar-refractivity contribution in [2.75, 3.05) is 0 Å². The number of aryl methyl sites for hydroxylation is 1. The summed E-state index contributed by atoms with van der Waals surface area (Å²) in [5, 5.41) is 0.230. The predicted octanol–water partition coefficient (Wildman–Crippen LogP) is 4.03. The fraction of sp³-hybridized carbons (Fsp3) is 0.364. The summed E-state index contributed by atoms with van der Waals surface area (Å²) in [5.41, 5.74) is 1.46. The number of para-hydroxylation sites is 2. The third-order valence-electron chi connectivity index (χ3n) is 2.45. The molecule has 0 aliphatic heterocycles. The topological polar surface area (TPSA) is 17.8 Å². The van der Waals surface area contributed by atoms with Crippen LogP contribution in [0.15, 0.2) is 24.3 Å². The van der Waals surface area contributed by atoms with Crippen molar-refractivity contribution >= 4 is 22.6 Å². The van der Waals surface area contributed by atoms with Crippen LogP contribution in [-0.4, -0.2) is 15.7 Å². The smallest absolute Gasteiger partial charge is 0.315 e. The van der Waals surface area contributed by atoms with Crippen molar-refractivity contribution in [3.63, 3.8) is 0 Å². The summed E-state index contributed by atoms with van der Waals surface area (Å²) in [6.07, 6.45) is -4.93. The molecule has 92 valence electrons. The molecule has 2 aromatic rings. The van der Waals surface area contributed by atoms with Gasteiger partial charge >= 0.3 is 6.18 Å². The van der Waals surface area contributed by atoms with Crippen molar-refractivity contribution in [1.82, 2.24) is 9.55 Å². The number of imidazole rings is 1. The Kier molecular flexibility index (Phi) is 3.28. The number of nitrogens with zero attached hydrogens (tertiary/aromatic N) is 2. The first-order chi connectivity index (χ1) is 7.97. The Morgan fingerprint density at radius 3 is 2.65 bits per heavy atom. The molecule has 0 atom stereocenters. The Labute approximate surface area is 101 Å². The molecule has 0 bridgehead atoms. The van der Waals surface area contributed by atoms with Crippen LogP contribution in [0.2, 0.25) is 5.28 Å². The number of halogens is 4. The number of fused-ring (bicyclic) bond motifs is 1. The van der Waals surface area contributed by atoms with Crippen LogP contribution in [0.1, 0.15) is 12.8 Å². The molecule has 0 aliphatic carbocycles. The van der Waals surface area contributed by atoms with Crippen molar-refractivity contribution in [2.45, 2.75) is 25.6 Å². The van der Waals surface area contributed by atoms with Gasteiger partial charge in [0.1, 0.15) is 0 Å². The molecule has 2 rings (SSSR count). The van der Waals surface area contributed by atoms with E-state index < -0.39 is 12.6 Å². The number of hydrogen-bond acceptors (Lipinski definition) is 1. The minimum Gasteiger partial charge on any atom is -0.315 e. The summed E-state index contributed by atoms with van der Waals surface area (Å²) in [6.45, 7) is 0.221. The lowest BCUT2D eigenvalue weighted by Crippen LogP contribution is -2.09.